The molecule has 4 rings (SSSR count). The fourth-order valence-corrected chi connectivity index (χ4v) is 6.82. The topological polar surface area (TPSA) is 86.7 Å². The van der Waals surface area contributed by atoms with Crippen LogP contribution in [0.1, 0.15) is 85.7 Å². The molecule has 220 valence electrons. The fraction of sp³-hybridized carbons (Fsp3) is 0.645. The van der Waals surface area contributed by atoms with E-state index < -0.39 is 10.0 Å². The van der Waals surface area contributed by atoms with E-state index in [1.807, 2.05) is 11.8 Å². The Labute approximate surface area is 241 Å². The second-order valence-electron chi connectivity index (χ2n) is 12.7. The molecule has 1 aromatic carbocycles. The lowest BCUT2D eigenvalue weighted by Gasteiger charge is -2.39. The van der Waals surface area contributed by atoms with Gasteiger partial charge >= 0.3 is 0 Å². The number of aromatic nitrogens is 2. The Morgan fingerprint density at radius 1 is 0.975 bits per heavy atom. The van der Waals surface area contributed by atoms with Crippen molar-refractivity contribution in [3.05, 3.63) is 58.7 Å². The van der Waals surface area contributed by atoms with Crippen LogP contribution in [0, 0.1) is 6.92 Å². The first kappa shape index (κ1) is 30.6. The summed E-state index contributed by atoms with van der Waals surface area (Å²) in [6.45, 7) is 11.9. The highest BCUT2D eigenvalue weighted by molar-refractivity contribution is 7.88. The highest BCUT2D eigenvalue weighted by Gasteiger charge is 2.32. The molecule has 1 amide bonds. The van der Waals surface area contributed by atoms with Gasteiger partial charge in [-0.25, -0.2) is 22.7 Å². The highest BCUT2D eigenvalue weighted by atomic mass is 32.2. The van der Waals surface area contributed by atoms with Gasteiger partial charge in [-0.1, -0.05) is 45.0 Å². The van der Waals surface area contributed by atoms with Gasteiger partial charge in [-0.15, -0.1) is 0 Å². The maximum atomic E-state index is 13.6. The molecule has 9 heteroatoms. The summed E-state index contributed by atoms with van der Waals surface area (Å²) >= 11 is 0. The first-order valence-electron chi connectivity index (χ1n) is 14.7. The van der Waals surface area contributed by atoms with Gasteiger partial charge in [0, 0.05) is 43.5 Å². The third kappa shape index (κ3) is 7.47. The molecule has 0 saturated carbocycles. The van der Waals surface area contributed by atoms with E-state index in [1.54, 1.807) is 7.05 Å². The van der Waals surface area contributed by atoms with Crippen molar-refractivity contribution in [1.29, 1.82) is 0 Å². The van der Waals surface area contributed by atoms with Crippen LogP contribution in [0.15, 0.2) is 30.6 Å². The zero-order valence-electron chi connectivity index (χ0n) is 25.2. The molecule has 2 fully saturated rings. The van der Waals surface area contributed by atoms with Crippen LogP contribution in [0.5, 0.6) is 0 Å². The third-order valence-corrected chi connectivity index (χ3v) is 10.2. The maximum Gasteiger partial charge on any atom is 0.272 e. The predicted octanol–water partition coefficient (Wildman–Crippen LogP) is 4.22. The quantitative estimate of drug-likeness (QED) is 0.496. The van der Waals surface area contributed by atoms with Crippen molar-refractivity contribution in [1.82, 2.24) is 24.1 Å². The van der Waals surface area contributed by atoms with Crippen molar-refractivity contribution in [2.45, 2.75) is 90.1 Å². The molecule has 2 saturated heterocycles. The molecule has 1 unspecified atom stereocenters. The first-order valence-corrected chi connectivity index (χ1v) is 16.6. The Hall–Kier alpha value is -2.36. The summed E-state index contributed by atoms with van der Waals surface area (Å²) in [7, 11) is -1.47. The van der Waals surface area contributed by atoms with Gasteiger partial charge in [0.2, 0.25) is 10.0 Å². The molecule has 1 aromatic heterocycles. The van der Waals surface area contributed by atoms with Crippen LogP contribution in [-0.2, 0) is 28.3 Å². The largest absolute Gasteiger partial charge is 0.337 e. The smallest absolute Gasteiger partial charge is 0.272 e. The van der Waals surface area contributed by atoms with Crippen LogP contribution in [0.4, 0.5) is 0 Å². The fourth-order valence-electron chi connectivity index (χ4n) is 6.07. The number of hydrogen-bond acceptors (Lipinski definition) is 6. The molecule has 2 aliphatic rings. The van der Waals surface area contributed by atoms with Crippen LogP contribution in [-0.4, -0.2) is 90.0 Å². The highest BCUT2D eigenvalue weighted by Crippen LogP contribution is 2.26. The number of piperidine rings is 1. The zero-order chi connectivity index (χ0) is 29.1. The average molecular weight is 570 g/mol. The molecule has 1 atom stereocenters. The summed E-state index contributed by atoms with van der Waals surface area (Å²) < 4.78 is 25.4. The molecule has 2 aliphatic heterocycles. The number of carbonyl (C=O) groups is 1. The van der Waals surface area contributed by atoms with Crippen LogP contribution in [0.3, 0.4) is 0 Å². The molecule has 0 radical (unpaired) electrons. The number of likely N-dealkylation sites (tertiary alicyclic amines) is 2. The van der Waals surface area contributed by atoms with Gasteiger partial charge in [0.1, 0.15) is 12.0 Å². The number of hydrogen-bond donors (Lipinski definition) is 0. The SMILES string of the molecule is Cc1c(CCc2ccc(C(C)(C)C)cc2)ncnc1C(=O)N1CCCC(N2CCC(N(C)S(C)(=O)=O)CC2)CC1. The first-order chi connectivity index (χ1) is 18.8. The van der Waals surface area contributed by atoms with Gasteiger partial charge in [-0.3, -0.25) is 4.79 Å². The van der Waals surface area contributed by atoms with Crippen molar-refractivity contribution in [2.24, 2.45) is 0 Å². The maximum absolute atomic E-state index is 13.6. The van der Waals surface area contributed by atoms with Crippen molar-refractivity contribution < 1.29 is 13.2 Å². The number of sulfonamides is 1. The van der Waals surface area contributed by atoms with Crippen LogP contribution in [0.25, 0.3) is 0 Å². The Morgan fingerprint density at radius 3 is 2.27 bits per heavy atom. The van der Waals surface area contributed by atoms with E-state index in [1.165, 1.54) is 28.0 Å². The van der Waals surface area contributed by atoms with Gasteiger partial charge < -0.3 is 9.80 Å². The number of amides is 1. The summed E-state index contributed by atoms with van der Waals surface area (Å²) in [5.41, 5.74) is 5.08. The standard InChI is InChI=1S/C31H47N5O3S/c1-23-28(14-11-24-9-12-25(13-10-24)31(2,3)4)32-22-33-29(23)30(37)36-18-7-8-27(17-21-36)35-19-15-26(16-20-35)34(5)40(6,38)39/h9-10,12-13,22,26-27H,7-8,11,14-21H2,1-6H3. The lowest BCUT2D eigenvalue weighted by atomic mass is 9.86. The summed E-state index contributed by atoms with van der Waals surface area (Å²) in [6.07, 6.45) is 9.12. The number of benzene rings is 1. The molecular weight excluding hydrogens is 522 g/mol. The minimum absolute atomic E-state index is 0.00446. The minimum atomic E-state index is -3.16. The van der Waals surface area contributed by atoms with E-state index in [-0.39, 0.29) is 17.4 Å². The van der Waals surface area contributed by atoms with Gasteiger partial charge in [-0.05, 0) is 81.5 Å². The predicted molar refractivity (Wildman–Crippen MR) is 160 cm³/mol. The lowest BCUT2D eigenvalue weighted by molar-refractivity contribution is 0.0744. The second-order valence-corrected chi connectivity index (χ2v) is 14.7. The van der Waals surface area contributed by atoms with Crippen LogP contribution < -0.4 is 0 Å². The summed E-state index contributed by atoms with van der Waals surface area (Å²) in [5, 5.41) is 0. The van der Waals surface area contributed by atoms with Gasteiger partial charge in [0.15, 0.2) is 0 Å². The summed E-state index contributed by atoms with van der Waals surface area (Å²) in [4.78, 5) is 27.0. The van der Waals surface area contributed by atoms with E-state index in [2.05, 4.69) is 59.9 Å². The molecule has 0 aliphatic carbocycles. The Balaban J connectivity index is 1.33. The van der Waals surface area contributed by atoms with Crippen LogP contribution >= 0.6 is 0 Å². The van der Waals surface area contributed by atoms with Gasteiger partial charge in [0.05, 0.1) is 6.26 Å². The van der Waals surface area contributed by atoms with Gasteiger partial charge in [0.25, 0.3) is 5.91 Å². The van der Waals surface area contributed by atoms with E-state index in [4.69, 9.17) is 0 Å². The average Bonchev–Trinajstić information content (AvgIpc) is 3.17. The number of nitrogens with zero attached hydrogens (tertiary/aromatic N) is 5. The summed E-state index contributed by atoms with van der Waals surface area (Å²) in [5.74, 6) is 0.00446. The Kier molecular flexibility index (Phi) is 9.68. The monoisotopic (exact) mass is 569 g/mol. The van der Waals surface area contributed by atoms with E-state index in [9.17, 15) is 13.2 Å². The third-order valence-electron chi connectivity index (χ3n) is 8.90. The van der Waals surface area contributed by atoms with Crippen molar-refractivity contribution in [3.8, 4) is 0 Å². The summed E-state index contributed by atoms with van der Waals surface area (Å²) in [6, 6.07) is 9.31. The Bertz CT molecular complexity index is 1260. The molecule has 40 heavy (non-hydrogen) atoms. The van der Waals surface area contributed by atoms with Crippen molar-refractivity contribution >= 4 is 15.9 Å². The van der Waals surface area contributed by atoms with Gasteiger partial charge in [-0.2, -0.15) is 0 Å². The lowest BCUT2D eigenvalue weighted by Crippen LogP contribution is -2.48. The molecule has 0 N–H and O–H groups in total. The van der Waals surface area contributed by atoms with Crippen LogP contribution in [0.2, 0.25) is 0 Å². The van der Waals surface area contributed by atoms with Crippen molar-refractivity contribution in [2.75, 3.05) is 39.5 Å². The number of rotatable bonds is 7. The minimum Gasteiger partial charge on any atom is -0.337 e. The van der Waals surface area contributed by atoms with E-state index in [0.717, 1.165) is 75.8 Å². The number of carbonyl (C=O) groups excluding carboxylic acids is 1. The Morgan fingerprint density at radius 2 is 1.65 bits per heavy atom. The molecule has 0 bridgehead atoms. The van der Waals surface area contributed by atoms with E-state index >= 15 is 0 Å². The molecule has 0 spiro atoms. The zero-order valence-corrected chi connectivity index (χ0v) is 26.0. The second kappa shape index (κ2) is 12.7. The normalized spacial score (nSPS) is 20.1. The molecule has 3 heterocycles. The number of aryl methyl sites for hydroxylation is 2. The van der Waals surface area contributed by atoms with Crippen molar-refractivity contribution in [3.63, 3.8) is 0 Å². The molecular formula is C31H47N5O3S. The molecule has 8 nitrogen and oxygen atoms in total. The van der Waals surface area contributed by atoms with E-state index in [0.29, 0.717) is 18.3 Å². The molecule has 2 aromatic rings.